The molecule has 0 aromatic heterocycles. The Hall–Kier alpha value is -1.82. The standard InChI is InChI=1S/C16H4I2O6/c17-11-3-9-7-1-5(11)6-2-8(14(20)23-13(7)19)10(4-12(6)18)16(22)24-15(9)21/h1-4H. The van der Waals surface area contributed by atoms with E-state index in [1.54, 1.807) is 0 Å². The molecule has 2 aromatic rings. The number of cyclic esters (lactones) is 2. The lowest BCUT2D eigenvalue weighted by molar-refractivity contribution is 0.0334. The monoisotopic (exact) mass is 546 g/mol. The van der Waals surface area contributed by atoms with Crippen molar-refractivity contribution in [1.29, 1.82) is 0 Å². The van der Waals surface area contributed by atoms with Crippen molar-refractivity contribution in [3.8, 4) is 11.1 Å². The highest BCUT2D eigenvalue weighted by molar-refractivity contribution is 14.1. The Morgan fingerprint density at radius 1 is 0.500 bits per heavy atom. The Balaban J connectivity index is 2.25. The summed E-state index contributed by atoms with van der Waals surface area (Å²) in [5.41, 5.74) is 0.878. The highest BCUT2D eigenvalue weighted by atomic mass is 127. The summed E-state index contributed by atoms with van der Waals surface area (Å²) < 4.78 is 11.1. The highest BCUT2D eigenvalue weighted by Crippen LogP contribution is 2.36. The Morgan fingerprint density at radius 3 is 1.12 bits per heavy atom. The van der Waals surface area contributed by atoms with Gasteiger partial charge >= 0.3 is 23.9 Å². The fourth-order valence-corrected chi connectivity index (χ4v) is 4.14. The first-order valence-electron chi connectivity index (χ1n) is 6.57. The smallest absolute Gasteiger partial charge is 0.346 e. The van der Waals surface area contributed by atoms with Crippen LogP contribution in [-0.2, 0) is 9.47 Å². The van der Waals surface area contributed by atoms with Gasteiger partial charge in [0, 0.05) is 7.14 Å². The minimum absolute atomic E-state index is 0.113. The number of carbonyl (C=O) groups is 4. The fourth-order valence-electron chi connectivity index (χ4n) is 2.62. The SMILES string of the molecule is O=C1OC(=O)c2cc(I)c3cc2C(=O)OC(=O)c2cc-3c(I)cc21. The van der Waals surface area contributed by atoms with Crippen LogP contribution >= 0.6 is 45.2 Å². The number of benzene rings is 2. The summed E-state index contributed by atoms with van der Waals surface area (Å²) in [6, 6.07) is 5.86. The zero-order valence-corrected chi connectivity index (χ0v) is 15.8. The predicted molar refractivity (Wildman–Crippen MR) is 96.8 cm³/mol. The third-order valence-corrected chi connectivity index (χ3v) is 5.54. The molecule has 0 aliphatic carbocycles. The van der Waals surface area contributed by atoms with Gasteiger partial charge in [-0.25, -0.2) is 19.2 Å². The van der Waals surface area contributed by atoms with E-state index in [9.17, 15) is 19.2 Å². The first-order valence-corrected chi connectivity index (χ1v) is 8.73. The van der Waals surface area contributed by atoms with Crippen LogP contribution in [0.15, 0.2) is 24.3 Å². The molecule has 2 aliphatic rings. The highest BCUT2D eigenvalue weighted by Gasteiger charge is 2.33. The Bertz CT molecular complexity index is 929. The van der Waals surface area contributed by atoms with Crippen LogP contribution < -0.4 is 0 Å². The van der Waals surface area contributed by atoms with Gasteiger partial charge in [0.2, 0.25) is 0 Å². The summed E-state index contributed by atoms with van der Waals surface area (Å²) >= 11 is 4.05. The van der Waals surface area contributed by atoms with E-state index in [0.29, 0.717) is 18.3 Å². The molecule has 0 amide bonds. The second kappa shape index (κ2) is 5.34. The summed E-state index contributed by atoms with van der Waals surface area (Å²) in [5.74, 6) is -3.84. The lowest BCUT2D eigenvalue weighted by Gasteiger charge is -2.12. The molecule has 118 valence electrons. The van der Waals surface area contributed by atoms with Gasteiger partial charge in [0.05, 0.1) is 22.3 Å². The summed E-state index contributed by atoms with van der Waals surface area (Å²) in [4.78, 5) is 49.2. The average Bonchev–Trinajstić information content (AvgIpc) is 2.53. The van der Waals surface area contributed by atoms with Crippen LogP contribution in [0.3, 0.4) is 0 Å². The first kappa shape index (κ1) is 15.7. The van der Waals surface area contributed by atoms with E-state index in [4.69, 9.17) is 9.47 Å². The molecule has 4 rings (SSSR count). The molecular formula is C16H4I2O6. The Labute approximate surface area is 161 Å². The van der Waals surface area contributed by atoms with Gasteiger partial charge in [-0.1, -0.05) is 0 Å². The van der Waals surface area contributed by atoms with Crippen molar-refractivity contribution in [2.24, 2.45) is 0 Å². The molecule has 2 aliphatic heterocycles. The van der Waals surface area contributed by atoms with Gasteiger partial charge in [0.25, 0.3) is 0 Å². The normalized spacial score (nSPS) is 15.2. The van der Waals surface area contributed by atoms with Crippen molar-refractivity contribution in [1.82, 2.24) is 0 Å². The van der Waals surface area contributed by atoms with E-state index in [1.165, 1.54) is 24.3 Å². The van der Waals surface area contributed by atoms with Crippen molar-refractivity contribution in [2.45, 2.75) is 0 Å². The number of esters is 4. The summed E-state index contributed by atoms with van der Waals surface area (Å²) in [6.07, 6.45) is 0. The molecule has 2 aromatic carbocycles. The van der Waals surface area contributed by atoms with Crippen LogP contribution in [0.5, 0.6) is 0 Å². The maximum absolute atomic E-state index is 12.3. The van der Waals surface area contributed by atoms with Gasteiger partial charge in [0.15, 0.2) is 0 Å². The van der Waals surface area contributed by atoms with Crippen molar-refractivity contribution in [3.05, 3.63) is 53.7 Å². The molecule has 0 spiro atoms. The van der Waals surface area contributed by atoms with E-state index in [-0.39, 0.29) is 22.3 Å². The number of hydrogen-bond donors (Lipinski definition) is 0. The fraction of sp³-hybridized carbons (Fsp3) is 0. The maximum Gasteiger partial charge on any atom is 0.346 e. The van der Waals surface area contributed by atoms with Crippen LogP contribution in [-0.4, -0.2) is 23.9 Å². The predicted octanol–water partition coefficient (Wildman–Crippen LogP) is 3.18. The number of rotatable bonds is 0. The van der Waals surface area contributed by atoms with Gasteiger partial charge < -0.3 is 9.47 Å². The van der Waals surface area contributed by atoms with Gasteiger partial charge in [-0.3, -0.25) is 0 Å². The quantitative estimate of drug-likeness (QED) is 0.287. The third-order valence-electron chi connectivity index (χ3n) is 3.76. The lowest BCUT2D eigenvalue weighted by atomic mass is 9.97. The molecule has 24 heavy (non-hydrogen) atoms. The van der Waals surface area contributed by atoms with Crippen LogP contribution in [0.2, 0.25) is 0 Å². The van der Waals surface area contributed by atoms with Gasteiger partial charge in [-0.05, 0) is 80.6 Å². The van der Waals surface area contributed by atoms with E-state index >= 15 is 0 Å². The number of hydrogen-bond acceptors (Lipinski definition) is 6. The van der Waals surface area contributed by atoms with Crippen LogP contribution in [0.25, 0.3) is 11.1 Å². The molecule has 6 nitrogen and oxygen atoms in total. The molecule has 0 N–H and O–H groups in total. The molecule has 0 unspecified atom stereocenters. The molecule has 0 radical (unpaired) electrons. The Kier molecular flexibility index (Phi) is 3.49. The zero-order chi connectivity index (χ0) is 17.2. The number of carbonyl (C=O) groups excluding carboxylic acids is 4. The summed E-state index contributed by atoms with van der Waals surface area (Å²) in [5, 5.41) is 0. The van der Waals surface area contributed by atoms with Gasteiger partial charge in [-0.2, -0.15) is 0 Å². The topological polar surface area (TPSA) is 86.7 Å². The largest absolute Gasteiger partial charge is 0.386 e. The van der Waals surface area contributed by atoms with Crippen LogP contribution in [0, 0.1) is 7.14 Å². The number of halogens is 2. The van der Waals surface area contributed by atoms with Crippen LogP contribution in [0.1, 0.15) is 41.4 Å². The molecular weight excluding hydrogens is 542 g/mol. The van der Waals surface area contributed by atoms with Gasteiger partial charge in [-0.15, -0.1) is 0 Å². The van der Waals surface area contributed by atoms with Crippen molar-refractivity contribution >= 4 is 69.1 Å². The molecule has 0 saturated carbocycles. The molecule has 0 atom stereocenters. The second-order valence-corrected chi connectivity index (χ2v) is 7.43. The van der Waals surface area contributed by atoms with Crippen molar-refractivity contribution < 1.29 is 28.7 Å². The minimum atomic E-state index is -0.962. The van der Waals surface area contributed by atoms with Crippen LogP contribution in [0.4, 0.5) is 0 Å². The number of ether oxygens (including phenoxy) is 2. The molecule has 2 heterocycles. The van der Waals surface area contributed by atoms with Crippen molar-refractivity contribution in [2.75, 3.05) is 0 Å². The molecule has 8 heteroatoms. The summed E-state index contributed by atoms with van der Waals surface area (Å²) in [7, 11) is 0. The lowest BCUT2D eigenvalue weighted by Crippen LogP contribution is -2.23. The second-order valence-electron chi connectivity index (χ2n) is 5.11. The van der Waals surface area contributed by atoms with Crippen molar-refractivity contribution in [3.63, 3.8) is 0 Å². The molecule has 0 fully saturated rings. The van der Waals surface area contributed by atoms with E-state index in [0.717, 1.165) is 0 Å². The average molecular weight is 546 g/mol. The first-order chi connectivity index (χ1) is 11.4. The summed E-state index contributed by atoms with van der Waals surface area (Å²) in [6.45, 7) is 0. The molecule has 0 saturated heterocycles. The van der Waals surface area contributed by atoms with E-state index < -0.39 is 23.9 Å². The van der Waals surface area contributed by atoms with E-state index in [2.05, 4.69) is 0 Å². The minimum Gasteiger partial charge on any atom is -0.386 e. The molecule has 4 bridgehead atoms. The van der Waals surface area contributed by atoms with E-state index in [1.807, 2.05) is 45.2 Å². The third kappa shape index (κ3) is 2.19. The Morgan fingerprint density at radius 2 is 0.792 bits per heavy atom. The maximum atomic E-state index is 12.3. The number of fused-ring (bicyclic) bond motifs is 5. The van der Waals surface area contributed by atoms with Gasteiger partial charge in [0.1, 0.15) is 0 Å². The zero-order valence-electron chi connectivity index (χ0n) is 11.5.